The number of fused-ring (bicyclic) bond motifs is 1. The topological polar surface area (TPSA) is 41.4 Å². The molecule has 3 rings (SSSR count). The third kappa shape index (κ3) is 2.39. The van der Waals surface area contributed by atoms with Crippen molar-refractivity contribution in [3.05, 3.63) is 18.0 Å². The molecule has 0 bridgehead atoms. The lowest BCUT2D eigenvalue weighted by atomic mass is 10.1. The average Bonchev–Trinajstić information content (AvgIpc) is 2.89. The van der Waals surface area contributed by atoms with Crippen molar-refractivity contribution in [2.45, 2.75) is 25.9 Å². The van der Waals surface area contributed by atoms with E-state index in [9.17, 15) is 4.79 Å². The van der Waals surface area contributed by atoms with Gasteiger partial charge in [0.1, 0.15) is 0 Å². The lowest BCUT2D eigenvalue weighted by Gasteiger charge is -2.35. The maximum absolute atomic E-state index is 12.4. The molecule has 1 aromatic rings. The Kier molecular flexibility index (Phi) is 3.09. The van der Waals surface area contributed by atoms with Crippen molar-refractivity contribution >= 4 is 5.91 Å². The van der Waals surface area contributed by atoms with Crippen molar-refractivity contribution in [2.24, 2.45) is 11.8 Å². The van der Waals surface area contributed by atoms with Crippen molar-refractivity contribution in [3.63, 3.8) is 0 Å². The summed E-state index contributed by atoms with van der Waals surface area (Å²) in [7, 11) is 4.12. The van der Waals surface area contributed by atoms with Crippen LogP contribution in [0.2, 0.25) is 0 Å². The summed E-state index contributed by atoms with van der Waals surface area (Å²) in [6.45, 7) is 4.58. The van der Waals surface area contributed by atoms with E-state index in [0.29, 0.717) is 18.4 Å². The Bertz CT molecular complexity index is 482. The summed E-state index contributed by atoms with van der Waals surface area (Å²) in [5, 5.41) is 4.41. The van der Waals surface area contributed by atoms with E-state index in [1.807, 2.05) is 17.2 Å². The van der Waals surface area contributed by atoms with Gasteiger partial charge < -0.3 is 9.80 Å². The van der Waals surface area contributed by atoms with Crippen LogP contribution >= 0.6 is 0 Å². The first-order valence-electron chi connectivity index (χ1n) is 7.02. The Balaban J connectivity index is 1.78. The first-order chi connectivity index (χ1) is 9.06. The number of amides is 1. The van der Waals surface area contributed by atoms with Crippen LogP contribution < -0.4 is 0 Å². The zero-order valence-electron chi connectivity index (χ0n) is 11.9. The molecule has 2 aliphatic rings. The minimum atomic E-state index is 0.270. The van der Waals surface area contributed by atoms with Gasteiger partial charge in [-0.1, -0.05) is 6.92 Å². The maximum Gasteiger partial charge on any atom is 0.226 e. The first kappa shape index (κ1) is 12.7. The van der Waals surface area contributed by atoms with Gasteiger partial charge >= 0.3 is 0 Å². The van der Waals surface area contributed by atoms with Crippen molar-refractivity contribution in [3.8, 4) is 0 Å². The van der Waals surface area contributed by atoms with Crippen LogP contribution in [0, 0.1) is 11.8 Å². The summed E-state index contributed by atoms with van der Waals surface area (Å²) >= 11 is 0. The normalized spacial score (nSPS) is 29.5. The molecular weight excluding hydrogens is 240 g/mol. The quantitative estimate of drug-likeness (QED) is 0.815. The molecule has 3 atom stereocenters. The number of rotatable bonds is 3. The summed E-state index contributed by atoms with van der Waals surface area (Å²) in [6.07, 6.45) is 2.90. The second-order valence-electron chi connectivity index (χ2n) is 6.22. The molecule has 5 heteroatoms. The fourth-order valence-electron chi connectivity index (χ4n) is 3.01. The highest BCUT2D eigenvalue weighted by molar-refractivity contribution is 5.81. The van der Waals surface area contributed by atoms with Gasteiger partial charge in [0.2, 0.25) is 5.91 Å². The SMILES string of the molecule is C[C@@H]1C[C@H]1C(=O)N1Cc2ccnn2[C@@H](CN(C)C)C1. The number of hydrogen-bond acceptors (Lipinski definition) is 3. The smallest absolute Gasteiger partial charge is 0.226 e. The van der Waals surface area contributed by atoms with Crippen LogP contribution in [0.5, 0.6) is 0 Å². The van der Waals surface area contributed by atoms with Crippen LogP contribution in [-0.2, 0) is 11.3 Å². The first-order valence-corrected chi connectivity index (χ1v) is 7.02. The van der Waals surface area contributed by atoms with E-state index in [1.165, 1.54) is 0 Å². The minimum absolute atomic E-state index is 0.270. The fraction of sp³-hybridized carbons (Fsp3) is 0.714. The third-order valence-corrected chi connectivity index (χ3v) is 4.20. The molecule has 104 valence electrons. The van der Waals surface area contributed by atoms with Gasteiger partial charge in [-0.3, -0.25) is 9.48 Å². The predicted octanol–water partition coefficient (Wildman–Crippen LogP) is 0.984. The molecule has 19 heavy (non-hydrogen) atoms. The van der Waals surface area contributed by atoms with Gasteiger partial charge in [-0.25, -0.2) is 0 Å². The van der Waals surface area contributed by atoms with Crippen molar-refractivity contribution in [1.29, 1.82) is 0 Å². The molecule has 1 aliphatic heterocycles. The number of likely N-dealkylation sites (N-methyl/N-ethyl adjacent to an activating group) is 1. The molecule has 0 aromatic carbocycles. The van der Waals surface area contributed by atoms with Gasteiger partial charge in [0.05, 0.1) is 18.3 Å². The molecule has 0 spiro atoms. The van der Waals surface area contributed by atoms with Gasteiger partial charge in [0, 0.05) is 25.2 Å². The van der Waals surface area contributed by atoms with Crippen LogP contribution in [0.4, 0.5) is 0 Å². The molecule has 1 amide bonds. The zero-order chi connectivity index (χ0) is 13.6. The van der Waals surface area contributed by atoms with Gasteiger partial charge in [0.15, 0.2) is 0 Å². The van der Waals surface area contributed by atoms with Crippen molar-refractivity contribution in [1.82, 2.24) is 19.6 Å². The molecule has 1 aliphatic carbocycles. The van der Waals surface area contributed by atoms with Crippen LogP contribution in [0.1, 0.15) is 25.1 Å². The lowest BCUT2D eigenvalue weighted by Crippen LogP contribution is -2.45. The third-order valence-electron chi connectivity index (χ3n) is 4.20. The molecule has 0 saturated heterocycles. The van der Waals surface area contributed by atoms with Crippen LogP contribution in [0.15, 0.2) is 12.3 Å². The number of carbonyl (C=O) groups excluding carboxylic acids is 1. The predicted molar refractivity (Wildman–Crippen MR) is 72.5 cm³/mol. The molecular formula is C14H22N4O. The van der Waals surface area contributed by atoms with E-state index in [2.05, 4.69) is 35.7 Å². The maximum atomic E-state index is 12.4. The highest BCUT2D eigenvalue weighted by atomic mass is 16.2. The van der Waals surface area contributed by atoms with Crippen LogP contribution in [0.3, 0.4) is 0 Å². The molecule has 0 N–H and O–H groups in total. The van der Waals surface area contributed by atoms with E-state index in [0.717, 1.165) is 25.2 Å². The highest BCUT2D eigenvalue weighted by Crippen LogP contribution is 2.40. The number of carbonyl (C=O) groups is 1. The Morgan fingerprint density at radius 1 is 1.53 bits per heavy atom. The van der Waals surface area contributed by atoms with E-state index < -0.39 is 0 Å². The molecule has 1 fully saturated rings. The summed E-state index contributed by atoms with van der Waals surface area (Å²) in [5.74, 6) is 1.19. The average molecular weight is 262 g/mol. The van der Waals surface area contributed by atoms with Gasteiger partial charge in [-0.2, -0.15) is 5.10 Å². The van der Waals surface area contributed by atoms with Gasteiger partial charge in [0.25, 0.3) is 0 Å². The monoisotopic (exact) mass is 262 g/mol. The second kappa shape index (κ2) is 4.63. The standard InChI is InChI=1S/C14H22N4O/c1-10-6-13(10)14(19)17-8-11-4-5-15-18(11)12(9-17)7-16(2)3/h4-5,10,12-13H,6-9H2,1-3H3/t10-,12+,13-/m1/s1. The molecule has 1 saturated carbocycles. The Hall–Kier alpha value is -1.36. The molecule has 0 unspecified atom stereocenters. The Morgan fingerprint density at radius 2 is 2.26 bits per heavy atom. The second-order valence-corrected chi connectivity index (χ2v) is 6.22. The van der Waals surface area contributed by atoms with Crippen molar-refractivity contribution in [2.75, 3.05) is 27.2 Å². The van der Waals surface area contributed by atoms with E-state index >= 15 is 0 Å². The molecule has 5 nitrogen and oxygen atoms in total. The van der Waals surface area contributed by atoms with Crippen molar-refractivity contribution < 1.29 is 4.79 Å². The van der Waals surface area contributed by atoms with Crippen LogP contribution in [0.25, 0.3) is 0 Å². The Morgan fingerprint density at radius 3 is 2.89 bits per heavy atom. The van der Waals surface area contributed by atoms with Gasteiger partial charge in [-0.05, 0) is 32.5 Å². The summed E-state index contributed by atoms with van der Waals surface area (Å²) in [5.41, 5.74) is 1.15. The molecule has 1 aromatic heterocycles. The number of nitrogens with zero attached hydrogens (tertiary/aromatic N) is 4. The van der Waals surface area contributed by atoms with Gasteiger partial charge in [-0.15, -0.1) is 0 Å². The molecule has 0 radical (unpaired) electrons. The Labute approximate surface area is 114 Å². The highest BCUT2D eigenvalue weighted by Gasteiger charge is 2.43. The van der Waals surface area contributed by atoms with E-state index in [4.69, 9.17) is 0 Å². The number of hydrogen-bond donors (Lipinski definition) is 0. The minimum Gasteiger partial charge on any atom is -0.334 e. The molecule has 2 heterocycles. The zero-order valence-corrected chi connectivity index (χ0v) is 11.9. The summed E-state index contributed by atoms with van der Waals surface area (Å²) < 4.78 is 2.08. The lowest BCUT2D eigenvalue weighted by molar-refractivity contribution is -0.135. The summed E-state index contributed by atoms with van der Waals surface area (Å²) in [6, 6.07) is 2.30. The largest absolute Gasteiger partial charge is 0.334 e. The van der Waals surface area contributed by atoms with E-state index in [1.54, 1.807) is 0 Å². The number of aromatic nitrogens is 2. The van der Waals surface area contributed by atoms with Crippen LogP contribution in [-0.4, -0.2) is 52.7 Å². The summed E-state index contributed by atoms with van der Waals surface area (Å²) in [4.78, 5) is 16.6. The van der Waals surface area contributed by atoms with E-state index in [-0.39, 0.29) is 12.0 Å². The fourth-order valence-corrected chi connectivity index (χ4v) is 3.01.